The van der Waals surface area contributed by atoms with Crippen LogP contribution in [0.4, 0.5) is 4.39 Å². The van der Waals surface area contributed by atoms with Crippen molar-refractivity contribution in [3.63, 3.8) is 0 Å². The Morgan fingerprint density at radius 2 is 1.49 bits per heavy atom. The van der Waals surface area contributed by atoms with Gasteiger partial charge in [-0.2, -0.15) is 0 Å². The van der Waals surface area contributed by atoms with E-state index in [-0.39, 0.29) is 12.2 Å². The molecule has 198 valence electrons. The zero-order valence-electron chi connectivity index (χ0n) is 21.1. The van der Waals surface area contributed by atoms with Gasteiger partial charge in [-0.1, -0.05) is 96.1 Å². The number of halogens is 1. The minimum Gasteiger partial charge on any atom is -0.358 e. The van der Waals surface area contributed by atoms with E-state index in [2.05, 4.69) is 15.0 Å². The van der Waals surface area contributed by atoms with Crippen LogP contribution in [0.5, 0.6) is 0 Å². The molecular formula is C29H26FN5O4. The molecule has 10 heteroatoms. The molecule has 0 spiro atoms. The number of azide groups is 1. The normalized spacial score (nSPS) is 20.9. The number of rotatable bonds is 8. The predicted octanol–water partition coefficient (Wildman–Crippen LogP) is 4.77. The van der Waals surface area contributed by atoms with Crippen molar-refractivity contribution in [1.29, 1.82) is 0 Å². The van der Waals surface area contributed by atoms with Gasteiger partial charge in [0.2, 0.25) is 0 Å². The molecule has 3 aromatic carbocycles. The number of hydrogen-bond acceptors (Lipinski definition) is 5. The molecule has 0 unspecified atom stereocenters. The second-order valence-corrected chi connectivity index (χ2v) is 9.27. The van der Waals surface area contributed by atoms with Gasteiger partial charge in [0.25, 0.3) is 5.56 Å². The van der Waals surface area contributed by atoms with Crippen molar-refractivity contribution in [2.45, 2.75) is 37.1 Å². The van der Waals surface area contributed by atoms with Crippen molar-refractivity contribution in [3.8, 4) is 0 Å². The second-order valence-electron chi connectivity index (χ2n) is 9.27. The van der Waals surface area contributed by atoms with E-state index in [4.69, 9.17) is 15.0 Å². The predicted molar refractivity (Wildman–Crippen MR) is 143 cm³/mol. The molecule has 0 radical (unpaired) electrons. The summed E-state index contributed by atoms with van der Waals surface area (Å²) < 4.78 is 29.5. The molecule has 1 aliphatic heterocycles. The first-order valence-electron chi connectivity index (χ1n) is 12.4. The van der Waals surface area contributed by atoms with Crippen LogP contribution in [0.1, 0.15) is 28.5 Å². The first-order chi connectivity index (χ1) is 19.0. The Bertz CT molecular complexity index is 1490. The van der Waals surface area contributed by atoms with Crippen LogP contribution in [-0.4, -0.2) is 34.5 Å². The van der Waals surface area contributed by atoms with Crippen LogP contribution in [0.3, 0.4) is 0 Å². The Hall–Kier alpha value is -4.50. The van der Waals surface area contributed by atoms with Crippen molar-refractivity contribution in [3.05, 3.63) is 151 Å². The SMILES string of the molecule is Cc1cn([C@@H]2O[C@H](COC(c3ccccc3)(c3ccccc3)c3ccccc3)[C@@H](F)[C@H]2N=[N+]=[N-])c(=O)[nH]c1=O. The molecule has 1 aliphatic rings. The standard InChI is InChI=1S/C29H26FN5O4/c1-19-17-35(28(37)32-26(19)36)27-25(33-34-31)24(30)23(39-27)18-38-29(20-11-5-2-6-12-20,21-13-7-3-8-14-21)22-15-9-4-10-16-22/h2-17,23-25,27H,18H2,1H3,(H,32,36,37)/t23-,24-,25-,27-/m1/s1. The topological polar surface area (TPSA) is 122 Å². The largest absolute Gasteiger partial charge is 0.358 e. The van der Waals surface area contributed by atoms with E-state index < -0.39 is 41.4 Å². The Balaban J connectivity index is 1.56. The summed E-state index contributed by atoms with van der Waals surface area (Å²) in [5.74, 6) is 0. The fourth-order valence-electron chi connectivity index (χ4n) is 5.00. The highest BCUT2D eigenvalue weighted by molar-refractivity contribution is 5.47. The Morgan fingerprint density at radius 1 is 0.974 bits per heavy atom. The number of alkyl halides is 1. The molecule has 0 aliphatic carbocycles. The molecular weight excluding hydrogens is 501 g/mol. The maximum atomic E-state index is 15.8. The Kier molecular flexibility index (Phi) is 7.42. The fourth-order valence-corrected chi connectivity index (χ4v) is 5.00. The molecule has 1 aromatic heterocycles. The van der Waals surface area contributed by atoms with E-state index in [9.17, 15) is 9.59 Å². The fraction of sp³-hybridized carbons (Fsp3) is 0.241. The van der Waals surface area contributed by atoms with Crippen LogP contribution < -0.4 is 11.2 Å². The van der Waals surface area contributed by atoms with Crippen molar-refractivity contribution >= 4 is 0 Å². The lowest BCUT2D eigenvalue weighted by molar-refractivity contribution is -0.0873. The summed E-state index contributed by atoms with van der Waals surface area (Å²) in [6.45, 7) is 1.28. The smallest absolute Gasteiger partial charge is 0.330 e. The molecule has 39 heavy (non-hydrogen) atoms. The second kappa shape index (κ2) is 11.1. The van der Waals surface area contributed by atoms with E-state index in [1.807, 2.05) is 91.0 Å². The summed E-state index contributed by atoms with van der Waals surface area (Å²) >= 11 is 0. The van der Waals surface area contributed by atoms with Crippen LogP contribution in [-0.2, 0) is 15.1 Å². The van der Waals surface area contributed by atoms with Crippen LogP contribution >= 0.6 is 0 Å². The maximum Gasteiger partial charge on any atom is 0.330 e. The summed E-state index contributed by atoms with van der Waals surface area (Å²) in [7, 11) is 0. The third-order valence-corrected chi connectivity index (χ3v) is 6.90. The third kappa shape index (κ3) is 4.88. The van der Waals surface area contributed by atoms with Gasteiger partial charge in [-0.15, -0.1) is 0 Å². The molecule has 0 bridgehead atoms. The molecule has 0 saturated carbocycles. The average molecular weight is 528 g/mol. The van der Waals surface area contributed by atoms with Gasteiger partial charge in [0, 0.05) is 16.7 Å². The summed E-state index contributed by atoms with van der Waals surface area (Å²) in [4.78, 5) is 29.4. The lowest BCUT2D eigenvalue weighted by Crippen LogP contribution is -2.38. The highest BCUT2D eigenvalue weighted by Gasteiger charge is 2.48. The third-order valence-electron chi connectivity index (χ3n) is 6.90. The molecule has 4 atom stereocenters. The van der Waals surface area contributed by atoms with Crippen molar-refractivity contribution in [2.24, 2.45) is 5.11 Å². The van der Waals surface area contributed by atoms with Crippen molar-refractivity contribution in [2.75, 3.05) is 6.61 Å². The number of aromatic amines is 1. The van der Waals surface area contributed by atoms with E-state index in [1.165, 1.54) is 13.1 Å². The molecule has 1 fully saturated rings. The summed E-state index contributed by atoms with van der Waals surface area (Å²) in [6.07, 6.45) is -2.97. The van der Waals surface area contributed by atoms with Gasteiger partial charge in [0.05, 0.1) is 6.61 Å². The maximum absolute atomic E-state index is 15.8. The number of nitrogens with zero attached hydrogens (tertiary/aromatic N) is 4. The quantitative estimate of drug-likeness (QED) is 0.154. The van der Waals surface area contributed by atoms with E-state index in [0.29, 0.717) is 0 Å². The number of hydrogen-bond donors (Lipinski definition) is 1. The summed E-state index contributed by atoms with van der Waals surface area (Å²) in [5, 5.41) is 3.60. The summed E-state index contributed by atoms with van der Waals surface area (Å²) in [5.41, 5.74) is 9.35. The van der Waals surface area contributed by atoms with Crippen LogP contribution in [0.15, 0.2) is 112 Å². The van der Waals surface area contributed by atoms with Gasteiger partial charge in [-0.3, -0.25) is 14.3 Å². The minimum atomic E-state index is -1.79. The Morgan fingerprint density at radius 3 is 1.97 bits per heavy atom. The van der Waals surface area contributed by atoms with Crippen molar-refractivity contribution < 1.29 is 13.9 Å². The lowest BCUT2D eigenvalue weighted by atomic mass is 9.80. The molecule has 9 nitrogen and oxygen atoms in total. The van der Waals surface area contributed by atoms with Crippen molar-refractivity contribution in [1.82, 2.24) is 9.55 Å². The number of H-pyrrole nitrogens is 1. The summed E-state index contributed by atoms with van der Waals surface area (Å²) in [6, 6.07) is 27.4. The number of nitrogens with one attached hydrogen (secondary N) is 1. The van der Waals surface area contributed by atoms with Gasteiger partial charge >= 0.3 is 5.69 Å². The van der Waals surface area contributed by atoms with Crippen LogP contribution in [0.2, 0.25) is 0 Å². The lowest BCUT2D eigenvalue weighted by Gasteiger charge is -2.36. The molecule has 0 amide bonds. The van der Waals surface area contributed by atoms with Gasteiger partial charge < -0.3 is 9.47 Å². The highest BCUT2D eigenvalue weighted by atomic mass is 19.1. The first kappa shape index (κ1) is 26.1. The number of aryl methyl sites for hydroxylation is 1. The highest BCUT2D eigenvalue weighted by Crippen LogP contribution is 2.42. The van der Waals surface area contributed by atoms with E-state index in [1.54, 1.807) is 0 Å². The molecule has 1 saturated heterocycles. The zero-order chi connectivity index (χ0) is 27.4. The van der Waals surface area contributed by atoms with Gasteiger partial charge in [0.15, 0.2) is 0 Å². The van der Waals surface area contributed by atoms with Gasteiger partial charge in [-0.25, -0.2) is 9.18 Å². The van der Waals surface area contributed by atoms with Gasteiger partial charge in [0.1, 0.15) is 30.1 Å². The monoisotopic (exact) mass is 527 g/mol. The molecule has 5 rings (SSSR count). The number of aromatic nitrogens is 2. The molecule has 4 aromatic rings. The molecule has 2 heterocycles. The average Bonchev–Trinajstić information content (AvgIpc) is 3.27. The number of ether oxygens (including phenoxy) is 2. The van der Waals surface area contributed by atoms with E-state index >= 15 is 4.39 Å². The van der Waals surface area contributed by atoms with Gasteiger partial charge in [-0.05, 0) is 29.1 Å². The zero-order valence-corrected chi connectivity index (χ0v) is 21.1. The van der Waals surface area contributed by atoms with Crippen LogP contribution in [0, 0.1) is 6.92 Å². The first-order valence-corrected chi connectivity index (χ1v) is 12.4. The van der Waals surface area contributed by atoms with Crippen LogP contribution in [0.25, 0.3) is 10.4 Å². The van der Waals surface area contributed by atoms with E-state index in [0.717, 1.165) is 21.3 Å². The molecule has 1 N–H and O–H groups in total. The Labute approximate surface area is 223 Å². The minimum absolute atomic E-state index is 0.226. The number of benzene rings is 3.